The highest BCUT2D eigenvalue weighted by atomic mass is 35.5. The molecule has 1 atom stereocenters. The number of pyridine rings is 1. The Bertz CT molecular complexity index is 1080. The first-order valence-corrected chi connectivity index (χ1v) is 9.09. The summed E-state index contributed by atoms with van der Waals surface area (Å²) in [7, 11) is 0. The zero-order chi connectivity index (χ0) is 20.3. The first-order valence-electron chi connectivity index (χ1n) is 7.96. The Morgan fingerprint density at radius 2 is 1.79 bits per heavy atom. The molecule has 1 heterocycles. The maximum atomic E-state index is 14.2. The van der Waals surface area contributed by atoms with Crippen molar-refractivity contribution in [2.45, 2.75) is 6.04 Å². The second-order valence-corrected chi connectivity index (χ2v) is 7.07. The van der Waals surface area contributed by atoms with Crippen molar-refractivity contribution in [3.05, 3.63) is 98.0 Å². The third kappa shape index (κ3) is 4.42. The van der Waals surface area contributed by atoms with Crippen molar-refractivity contribution >= 4 is 40.7 Å². The van der Waals surface area contributed by atoms with Gasteiger partial charge in [0.2, 0.25) is 0 Å². The van der Waals surface area contributed by atoms with E-state index in [0.717, 1.165) is 6.07 Å². The summed E-state index contributed by atoms with van der Waals surface area (Å²) in [6, 6.07) is 12.9. The third-order valence-electron chi connectivity index (χ3n) is 3.93. The molecule has 0 fully saturated rings. The van der Waals surface area contributed by atoms with Gasteiger partial charge >= 0.3 is 0 Å². The minimum absolute atomic E-state index is 0.116. The van der Waals surface area contributed by atoms with E-state index in [4.69, 9.17) is 40.1 Å². The number of nitriles is 1. The van der Waals surface area contributed by atoms with Crippen LogP contribution in [0.25, 0.3) is 0 Å². The number of benzene rings is 2. The van der Waals surface area contributed by atoms with Crippen molar-refractivity contribution in [1.82, 2.24) is 10.3 Å². The molecule has 1 aromatic heterocycles. The first-order chi connectivity index (χ1) is 13.4. The summed E-state index contributed by atoms with van der Waals surface area (Å²) in [6.07, 6.45) is 1.40. The van der Waals surface area contributed by atoms with Crippen molar-refractivity contribution in [2.75, 3.05) is 0 Å². The lowest BCUT2D eigenvalue weighted by Crippen LogP contribution is -2.30. The molecule has 0 saturated carbocycles. The minimum Gasteiger partial charge on any atom is -0.339 e. The molecule has 0 aliphatic carbocycles. The smallest absolute Gasteiger partial charge is 0.255 e. The van der Waals surface area contributed by atoms with E-state index in [-0.39, 0.29) is 16.1 Å². The SMILES string of the molecule is N#Cc1ccc(C(=O)NC(c2ccc(Cl)cc2)c2ncc(Cl)cc2Cl)c(F)c1. The Balaban J connectivity index is 2.01. The van der Waals surface area contributed by atoms with Crippen LogP contribution in [0.4, 0.5) is 4.39 Å². The van der Waals surface area contributed by atoms with Crippen LogP contribution in [0.5, 0.6) is 0 Å². The number of rotatable bonds is 4. The van der Waals surface area contributed by atoms with E-state index in [0.29, 0.717) is 21.3 Å². The molecule has 28 heavy (non-hydrogen) atoms. The molecular formula is C20H11Cl3FN3O. The average Bonchev–Trinajstić information content (AvgIpc) is 2.67. The number of halogens is 4. The molecule has 2 aromatic carbocycles. The normalized spacial score (nSPS) is 11.5. The van der Waals surface area contributed by atoms with E-state index in [1.54, 1.807) is 24.3 Å². The van der Waals surface area contributed by atoms with E-state index < -0.39 is 17.8 Å². The molecule has 1 N–H and O–H groups in total. The summed E-state index contributed by atoms with van der Waals surface area (Å²) in [6.45, 7) is 0. The van der Waals surface area contributed by atoms with Crippen LogP contribution >= 0.6 is 34.8 Å². The molecule has 0 radical (unpaired) electrons. The number of aromatic nitrogens is 1. The topological polar surface area (TPSA) is 65.8 Å². The summed E-state index contributed by atoms with van der Waals surface area (Å²) in [5.41, 5.74) is 0.896. The van der Waals surface area contributed by atoms with Crippen LogP contribution in [0.3, 0.4) is 0 Å². The molecule has 1 unspecified atom stereocenters. The lowest BCUT2D eigenvalue weighted by Gasteiger charge is -2.20. The van der Waals surface area contributed by atoms with Gasteiger partial charge in [0.1, 0.15) is 5.82 Å². The van der Waals surface area contributed by atoms with Crippen molar-refractivity contribution in [2.24, 2.45) is 0 Å². The van der Waals surface area contributed by atoms with Gasteiger partial charge in [0.05, 0.1) is 39.0 Å². The van der Waals surface area contributed by atoms with E-state index in [2.05, 4.69) is 10.3 Å². The monoisotopic (exact) mass is 433 g/mol. The summed E-state index contributed by atoms with van der Waals surface area (Å²) < 4.78 is 14.2. The average molecular weight is 435 g/mol. The molecule has 0 bridgehead atoms. The predicted octanol–water partition coefficient (Wildman–Crippen LogP) is 5.57. The van der Waals surface area contributed by atoms with Crippen LogP contribution in [-0.4, -0.2) is 10.9 Å². The molecule has 0 saturated heterocycles. The van der Waals surface area contributed by atoms with Gasteiger partial charge < -0.3 is 5.32 Å². The quantitative estimate of drug-likeness (QED) is 0.583. The minimum atomic E-state index is -0.804. The number of hydrogen-bond donors (Lipinski definition) is 1. The Hall–Kier alpha value is -2.65. The van der Waals surface area contributed by atoms with Gasteiger partial charge in [0, 0.05) is 11.2 Å². The largest absolute Gasteiger partial charge is 0.339 e. The molecule has 0 aliphatic rings. The molecule has 4 nitrogen and oxygen atoms in total. The van der Waals surface area contributed by atoms with Gasteiger partial charge in [-0.15, -0.1) is 0 Å². The maximum Gasteiger partial charge on any atom is 0.255 e. The fourth-order valence-corrected chi connectivity index (χ4v) is 3.20. The Kier molecular flexibility index (Phi) is 6.15. The maximum absolute atomic E-state index is 14.2. The van der Waals surface area contributed by atoms with E-state index >= 15 is 0 Å². The zero-order valence-electron chi connectivity index (χ0n) is 14.1. The molecule has 3 aromatic rings. The number of carbonyl (C=O) groups is 1. The second kappa shape index (κ2) is 8.57. The molecule has 0 spiro atoms. The van der Waals surface area contributed by atoms with Crippen LogP contribution < -0.4 is 5.32 Å². The first kappa shape index (κ1) is 20.1. The molecule has 8 heteroatoms. The van der Waals surface area contributed by atoms with Gasteiger partial charge in [-0.2, -0.15) is 5.26 Å². The second-order valence-electron chi connectivity index (χ2n) is 5.79. The van der Waals surface area contributed by atoms with Crippen LogP contribution in [0.15, 0.2) is 54.7 Å². The van der Waals surface area contributed by atoms with Gasteiger partial charge in [0.25, 0.3) is 5.91 Å². The van der Waals surface area contributed by atoms with Crippen molar-refractivity contribution in [3.63, 3.8) is 0 Å². The highest BCUT2D eigenvalue weighted by molar-refractivity contribution is 6.34. The molecule has 0 aliphatic heterocycles. The lowest BCUT2D eigenvalue weighted by molar-refractivity contribution is 0.0938. The summed E-state index contributed by atoms with van der Waals surface area (Å²) >= 11 is 18.1. The molecule has 140 valence electrons. The van der Waals surface area contributed by atoms with Crippen molar-refractivity contribution in [1.29, 1.82) is 5.26 Å². The van der Waals surface area contributed by atoms with Gasteiger partial charge in [-0.1, -0.05) is 46.9 Å². The standard InChI is InChI=1S/C20H11Cl3FN3O/c21-13-4-2-12(3-5-13)18(19-16(23)8-14(22)10-26-19)27-20(28)15-6-1-11(9-25)7-17(15)24/h1-8,10,18H,(H,27,28). The lowest BCUT2D eigenvalue weighted by atomic mass is 10.0. The Morgan fingerprint density at radius 3 is 2.39 bits per heavy atom. The number of nitrogens with one attached hydrogen (secondary N) is 1. The highest BCUT2D eigenvalue weighted by Gasteiger charge is 2.23. The number of amides is 1. The van der Waals surface area contributed by atoms with E-state index in [1.165, 1.54) is 24.4 Å². The van der Waals surface area contributed by atoms with Gasteiger partial charge in [0.15, 0.2) is 0 Å². The number of hydrogen-bond acceptors (Lipinski definition) is 3. The zero-order valence-corrected chi connectivity index (χ0v) is 16.4. The van der Waals surface area contributed by atoms with Crippen LogP contribution in [0.1, 0.15) is 33.2 Å². The highest BCUT2D eigenvalue weighted by Crippen LogP contribution is 2.29. The summed E-state index contributed by atoms with van der Waals surface area (Å²) in [5.74, 6) is -1.49. The Labute approximate surface area is 175 Å². The van der Waals surface area contributed by atoms with Crippen LogP contribution in [-0.2, 0) is 0 Å². The number of carbonyl (C=O) groups excluding carboxylic acids is 1. The Morgan fingerprint density at radius 1 is 1.07 bits per heavy atom. The summed E-state index contributed by atoms with van der Waals surface area (Å²) in [4.78, 5) is 16.9. The van der Waals surface area contributed by atoms with Gasteiger partial charge in [-0.3, -0.25) is 9.78 Å². The fourth-order valence-electron chi connectivity index (χ4n) is 2.58. The van der Waals surface area contributed by atoms with Crippen molar-refractivity contribution in [3.8, 4) is 6.07 Å². The van der Waals surface area contributed by atoms with E-state index in [9.17, 15) is 9.18 Å². The molecular weight excluding hydrogens is 424 g/mol. The van der Waals surface area contributed by atoms with E-state index in [1.807, 2.05) is 6.07 Å². The van der Waals surface area contributed by atoms with Crippen LogP contribution in [0, 0.1) is 17.1 Å². The third-order valence-corrected chi connectivity index (χ3v) is 4.69. The van der Waals surface area contributed by atoms with Gasteiger partial charge in [-0.05, 0) is 42.0 Å². The molecule has 3 rings (SSSR count). The predicted molar refractivity (Wildman–Crippen MR) is 106 cm³/mol. The number of nitrogens with zero attached hydrogens (tertiary/aromatic N) is 2. The molecule has 1 amide bonds. The van der Waals surface area contributed by atoms with Gasteiger partial charge in [-0.25, -0.2) is 4.39 Å². The fraction of sp³-hybridized carbons (Fsp3) is 0.0500. The summed E-state index contributed by atoms with van der Waals surface area (Å²) in [5, 5.41) is 12.7. The van der Waals surface area contributed by atoms with Crippen LogP contribution in [0.2, 0.25) is 15.1 Å². The van der Waals surface area contributed by atoms with Crippen molar-refractivity contribution < 1.29 is 9.18 Å².